The van der Waals surface area contributed by atoms with E-state index in [9.17, 15) is 4.79 Å². The first-order valence-corrected chi connectivity index (χ1v) is 7.46. The Morgan fingerprint density at radius 3 is 2.09 bits per heavy atom. The molecule has 1 unspecified atom stereocenters. The van der Waals surface area contributed by atoms with Crippen LogP contribution in [0.2, 0.25) is 0 Å². The summed E-state index contributed by atoms with van der Waals surface area (Å²) in [6.45, 7) is 1.85. The summed E-state index contributed by atoms with van der Waals surface area (Å²) in [6, 6.07) is 16.2. The van der Waals surface area contributed by atoms with Crippen LogP contribution in [0.3, 0.4) is 0 Å². The van der Waals surface area contributed by atoms with Crippen LogP contribution < -0.4 is 4.74 Å². The van der Waals surface area contributed by atoms with Crippen molar-refractivity contribution in [1.82, 2.24) is 0 Å². The fourth-order valence-electron chi connectivity index (χ4n) is 1.35. The summed E-state index contributed by atoms with van der Waals surface area (Å²) < 4.78 is 5.52. The van der Waals surface area contributed by atoms with Gasteiger partial charge in [-0.1, -0.05) is 40.2 Å². The standard InChI is InChI=1S/C12H10O2.C5H7BrO2/c13-10-6-8-12(9-7-10)14-11-4-2-1-3-5-11;1-4(6)2-3-5(7)8/h1-9,13H;2-4H,1H3,(H,7,8)/b;3-2+. The van der Waals surface area contributed by atoms with Gasteiger partial charge in [-0.2, -0.15) is 0 Å². The van der Waals surface area contributed by atoms with Crippen molar-refractivity contribution < 1.29 is 19.7 Å². The lowest BCUT2D eigenvalue weighted by Gasteiger charge is -2.04. The number of aromatic hydroxyl groups is 1. The van der Waals surface area contributed by atoms with E-state index in [1.807, 2.05) is 37.3 Å². The zero-order valence-corrected chi connectivity index (χ0v) is 13.6. The Kier molecular flexibility index (Phi) is 7.78. The van der Waals surface area contributed by atoms with Gasteiger partial charge < -0.3 is 14.9 Å². The second-order valence-electron chi connectivity index (χ2n) is 4.28. The van der Waals surface area contributed by atoms with Crippen LogP contribution in [0.4, 0.5) is 0 Å². The lowest BCUT2D eigenvalue weighted by atomic mass is 10.3. The summed E-state index contributed by atoms with van der Waals surface area (Å²) in [4.78, 5) is 9.93. The predicted molar refractivity (Wildman–Crippen MR) is 89.8 cm³/mol. The highest BCUT2D eigenvalue weighted by Gasteiger charge is 1.95. The third kappa shape index (κ3) is 8.11. The predicted octanol–water partition coefficient (Wildman–Crippen LogP) is 4.60. The number of ether oxygens (including phenoxy) is 1. The fourth-order valence-corrected chi connectivity index (χ4v) is 1.51. The first kappa shape index (κ1) is 17.8. The number of phenols is 1. The molecule has 2 rings (SSSR count). The van der Waals surface area contributed by atoms with E-state index in [-0.39, 0.29) is 10.6 Å². The zero-order chi connectivity index (χ0) is 16.4. The molecule has 0 aromatic heterocycles. The minimum Gasteiger partial charge on any atom is -0.508 e. The molecule has 0 amide bonds. The van der Waals surface area contributed by atoms with E-state index in [1.165, 1.54) is 0 Å². The molecule has 0 aliphatic rings. The Morgan fingerprint density at radius 1 is 1.09 bits per heavy atom. The minimum atomic E-state index is -0.906. The summed E-state index contributed by atoms with van der Waals surface area (Å²) >= 11 is 3.15. The summed E-state index contributed by atoms with van der Waals surface area (Å²) in [5.41, 5.74) is 0. The molecule has 0 fully saturated rings. The van der Waals surface area contributed by atoms with Crippen LogP contribution in [-0.4, -0.2) is 21.0 Å². The first-order chi connectivity index (χ1) is 10.5. The van der Waals surface area contributed by atoms with Crippen molar-refractivity contribution in [3.8, 4) is 17.2 Å². The Hall–Kier alpha value is -2.27. The molecule has 0 radical (unpaired) electrons. The van der Waals surface area contributed by atoms with Crippen molar-refractivity contribution in [3.63, 3.8) is 0 Å². The van der Waals surface area contributed by atoms with Gasteiger partial charge in [0.1, 0.15) is 17.2 Å². The van der Waals surface area contributed by atoms with Crippen LogP contribution in [-0.2, 0) is 4.79 Å². The highest BCUT2D eigenvalue weighted by Crippen LogP contribution is 2.22. The number of phenolic OH excluding ortho intramolecular Hbond substituents is 1. The monoisotopic (exact) mass is 364 g/mol. The van der Waals surface area contributed by atoms with Crippen molar-refractivity contribution in [1.29, 1.82) is 0 Å². The molecule has 2 N–H and O–H groups in total. The van der Waals surface area contributed by atoms with Crippen molar-refractivity contribution in [2.75, 3.05) is 0 Å². The molecule has 2 aromatic carbocycles. The molecule has 1 atom stereocenters. The smallest absolute Gasteiger partial charge is 0.328 e. The molecule has 0 saturated heterocycles. The summed E-state index contributed by atoms with van der Waals surface area (Å²) in [7, 11) is 0. The third-order valence-electron chi connectivity index (χ3n) is 2.32. The van der Waals surface area contributed by atoms with Crippen LogP contribution in [0.5, 0.6) is 17.2 Å². The maximum atomic E-state index is 9.80. The van der Waals surface area contributed by atoms with Gasteiger partial charge in [0.25, 0.3) is 0 Å². The van der Waals surface area contributed by atoms with Gasteiger partial charge in [-0.15, -0.1) is 0 Å². The number of alkyl halides is 1. The molecule has 2 aromatic rings. The average molecular weight is 365 g/mol. The highest BCUT2D eigenvalue weighted by atomic mass is 79.9. The lowest BCUT2D eigenvalue weighted by Crippen LogP contribution is -1.89. The van der Waals surface area contributed by atoms with Crippen molar-refractivity contribution >= 4 is 21.9 Å². The Morgan fingerprint density at radius 2 is 1.64 bits per heavy atom. The van der Waals surface area contributed by atoms with E-state index in [1.54, 1.807) is 30.3 Å². The molecule has 0 heterocycles. The Bertz CT molecular complexity index is 592. The molecular weight excluding hydrogens is 348 g/mol. The molecule has 0 bridgehead atoms. The van der Waals surface area contributed by atoms with Gasteiger partial charge in [0.05, 0.1) is 0 Å². The second-order valence-corrected chi connectivity index (χ2v) is 5.73. The summed E-state index contributed by atoms with van der Waals surface area (Å²) in [5, 5.41) is 17.1. The van der Waals surface area contributed by atoms with Crippen molar-refractivity contribution in [2.45, 2.75) is 11.8 Å². The van der Waals surface area contributed by atoms with Crippen LogP contribution in [0.15, 0.2) is 66.7 Å². The number of halogens is 1. The minimum absolute atomic E-state index is 0.138. The number of hydrogen-bond donors (Lipinski definition) is 2. The van der Waals surface area contributed by atoms with Gasteiger partial charge in [-0.05, 0) is 43.3 Å². The Balaban J connectivity index is 0.000000261. The van der Waals surface area contributed by atoms with Crippen molar-refractivity contribution in [3.05, 3.63) is 66.7 Å². The van der Waals surface area contributed by atoms with Gasteiger partial charge in [0.15, 0.2) is 0 Å². The largest absolute Gasteiger partial charge is 0.508 e. The number of hydrogen-bond acceptors (Lipinski definition) is 3. The number of allylic oxidation sites excluding steroid dienone is 1. The number of benzene rings is 2. The normalized spacial score (nSPS) is 11.4. The number of aliphatic carboxylic acids is 1. The maximum absolute atomic E-state index is 9.80. The van der Waals surface area contributed by atoms with Gasteiger partial charge in [0, 0.05) is 10.9 Å². The molecule has 0 spiro atoms. The van der Waals surface area contributed by atoms with Gasteiger partial charge in [-0.3, -0.25) is 0 Å². The summed E-state index contributed by atoms with van der Waals surface area (Å²) in [6.07, 6.45) is 2.67. The lowest BCUT2D eigenvalue weighted by molar-refractivity contribution is -0.131. The maximum Gasteiger partial charge on any atom is 0.328 e. The van der Waals surface area contributed by atoms with Crippen LogP contribution >= 0.6 is 15.9 Å². The molecule has 22 heavy (non-hydrogen) atoms. The number of carboxylic acids is 1. The van der Waals surface area contributed by atoms with E-state index in [4.69, 9.17) is 14.9 Å². The highest BCUT2D eigenvalue weighted by molar-refractivity contribution is 9.09. The number of para-hydroxylation sites is 1. The third-order valence-corrected chi connectivity index (χ3v) is 2.62. The van der Waals surface area contributed by atoms with Crippen LogP contribution in [0.1, 0.15) is 6.92 Å². The Labute approximate surface area is 137 Å². The van der Waals surface area contributed by atoms with E-state index in [0.29, 0.717) is 5.75 Å². The van der Waals surface area contributed by atoms with Crippen LogP contribution in [0, 0.1) is 0 Å². The van der Waals surface area contributed by atoms with E-state index in [2.05, 4.69) is 15.9 Å². The van der Waals surface area contributed by atoms with Crippen molar-refractivity contribution in [2.24, 2.45) is 0 Å². The van der Waals surface area contributed by atoms with Crippen LogP contribution in [0.25, 0.3) is 0 Å². The molecule has 0 saturated carbocycles. The zero-order valence-electron chi connectivity index (χ0n) is 12.0. The van der Waals surface area contributed by atoms with Gasteiger partial charge in [-0.25, -0.2) is 4.79 Å². The van der Waals surface area contributed by atoms with Gasteiger partial charge >= 0.3 is 5.97 Å². The SMILES string of the molecule is CC(Br)/C=C/C(=O)O.Oc1ccc(Oc2ccccc2)cc1. The topological polar surface area (TPSA) is 66.8 Å². The fraction of sp³-hybridized carbons (Fsp3) is 0.118. The van der Waals surface area contributed by atoms with E-state index in [0.717, 1.165) is 11.8 Å². The molecule has 0 aliphatic heterocycles. The molecular formula is C17H17BrO4. The van der Waals surface area contributed by atoms with Gasteiger partial charge in [0.2, 0.25) is 0 Å². The van der Waals surface area contributed by atoms with E-state index < -0.39 is 5.97 Å². The number of carbonyl (C=O) groups is 1. The first-order valence-electron chi connectivity index (χ1n) is 6.54. The molecule has 4 nitrogen and oxygen atoms in total. The number of rotatable bonds is 4. The number of carboxylic acid groups (broad SMARTS) is 1. The molecule has 116 valence electrons. The quantitative estimate of drug-likeness (QED) is 0.614. The average Bonchev–Trinajstić information content (AvgIpc) is 2.49. The summed E-state index contributed by atoms with van der Waals surface area (Å²) in [5.74, 6) is 0.842. The second kappa shape index (κ2) is 9.63. The van der Waals surface area contributed by atoms with E-state index >= 15 is 0 Å². The molecule has 0 aliphatic carbocycles. The molecule has 5 heteroatoms.